The number of methoxy groups -OCH3 is 2. The van der Waals surface area contributed by atoms with Gasteiger partial charge in [-0.2, -0.15) is 0 Å². The molecule has 2 N–H and O–H groups in total. The summed E-state index contributed by atoms with van der Waals surface area (Å²) in [6, 6.07) is 11.2. The molecule has 1 atom stereocenters. The van der Waals surface area contributed by atoms with Gasteiger partial charge in [0, 0.05) is 13.0 Å². The van der Waals surface area contributed by atoms with E-state index in [1.165, 1.54) is 36.0 Å². The van der Waals surface area contributed by atoms with Crippen LogP contribution in [0.3, 0.4) is 0 Å². The lowest BCUT2D eigenvalue weighted by molar-refractivity contribution is -0.128. The second-order valence-corrected chi connectivity index (χ2v) is 7.75. The molecule has 1 aliphatic rings. The first kappa shape index (κ1) is 21.6. The van der Waals surface area contributed by atoms with Crippen molar-refractivity contribution in [3.8, 4) is 11.5 Å². The van der Waals surface area contributed by atoms with Gasteiger partial charge in [-0.25, -0.2) is 9.38 Å². The van der Waals surface area contributed by atoms with Crippen molar-refractivity contribution in [2.24, 2.45) is 10.7 Å². The second-order valence-electron chi connectivity index (χ2n) is 6.58. The number of nitrogens with zero attached hydrogens (tertiary/aromatic N) is 2. The zero-order valence-electron chi connectivity index (χ0n) is 16.6. The molecule has 0 spiro atoms. The summed E-state index contributed by atoms with van der Waals surface area (Å²) in [7, 11) is 3.12. The van der Waals surface area contributed by atoms with E-state index in [9.17, 15) is 14.0 Å². The molecule has 0 aromatic heterocycles. The molecule has 1 aliphatic heterocycles. The number of thioether (sulfide) groups is 1. The van der Waals surface area contributed by atoms with Gasteiger partial charge in [0.1, 0.15) is 11.1 Å². The minimum absolute atomic E-state index is 0.0706. The lowest BCUT2D eigenvalue weighted by atomic mass is 10.1. The Kier molecular flexibility index (Phi) is 6.94. The van der Waals surface area contributed by atoms with Crippen LogP contribution in [0.25, 0.3) is 0 Å². The number of rotatable bonds is 8. The number of aliphatic imine (C=N–C) groups is 1. The molecular formula is C21H22FN3O4S. The molecule has 0 aliphatic carbocycles. The van der Waals surface area contributed by atoms with Crippen LogP contribution in [-0.2, 0) is 16.0 Å². The van der Waals surface area contributed by atoms with E-state index in [0.717, 1.165) is 5.56 Å². The van der Waals surface area contributed by atoms with Crippen LogP contribution in [0.1, 0.15) is 12.0 Å². The molecule has 7 nitrogen and oxygen atoms in total. The van der Waals surface area contributed by atoms with Gasteiger partial charge in [-0.15, -0.1) is 0 Å². The fraction of sp³-hybridized carbons (Fsp3) is 0.286. The molecule has 1 fully saturated rings. The molecule has 0 radical (unpaired) electrons. The van der Waals surface area contributed by atoms with E-state index in [2.05, 4.69) is 4.99 Å². The average molecular weight is 431 g/mol. The SMILES string of the molecule is COc1ccc(CCN2C(=O)[C@@H](CC(N)=O)SC2=Nc2ccc(F)cc2)cc1OC. The van der Waals surface area contributed by atoms with Gasteiger partial charge in [0.25, 0.3) is 0 Å². The molecule has 158 valence electrons. The van der Waals surface area contributed by atoms with Crippen LogP contribution in [0.2, 0.25) is 0 Å². The van der Waals surface area contributed by atoms with Gasteiger partial charge >= 0.3 is 0 Å². The normalized spacial score (nSPS) is 17.4. The van der Waals surface area contributed by atoms with E-state index in [1.54, 1.807) is 25.2 Å². The van der Waals surface area contributed by atoms with Gasteiger partial charge in [0.2, 0.25) is 11.8 Å². The van der Waals surface area contributed by atoms with Crippen LogP contribution >= 0.6 is 11.8 Å². The lowest BCUT2D eigenvalue weighted by Gasteiger charge is -2.17. The smallest absolute Gasteiger partial charge is 0.242 e. The van der Waals surface area contributed by atoms with E-state index in [1.807, 2.05) is 12.1 Å². The highest BCUT2D eigenvalue weighted by molar-refractivity contribution is 8.15. The van der Waals surface area contributed by atoms with Crippen molar-refractivity contribution in [2.45, 2.75) is 18.1 Å². The molecular weight excluding hydrogens is 409 g/mol. The van der Waals surface area contributed by atoms with E-state index in [0.29, 0.717) is 35.3 Å². The quantitative estimate of drug-likeness (QED) is 0.694. The first-order chi connectivity index (χ1) is 14.4. The third kappa shape index (κ3) is 5.10. The Morgan fingerprint density at radius 2 is 1.87 bits per heavy atom. The van der Waals surface area contributed by atoms with E-state index in [4.69, 9.17) is 15.2 Å². The highest BCUT2D eigenvalue weighted by atomic mass is 32.2. The molecule has 2 aromatic rings. The predicted octanol–water partition coefficient (Wildman–Crippen LogP) is 2.89. The van der Waals surface area contributed by atoms with Crippen molar-refractivity contribution in [1.29, 1.82) is 0 Å². The molecule has 1 saturated heterocycles. The topological polar surface area (TPSA) is 94.2 Å². The fourth-order valence-corrected chi connectivity index (χ4v) is 4.21. The maximum atomic E-state index is 13.2. The van der Waals surface area contributed by atoms with E-state index in [-0.39, 0.29) is 18.1 Å². The second kappa shape index (κ2) is 9.62. The summed E-state index contributed by atoms with van der Waals surface area (Å²) in [5.41, 5.74) is 6.75. The summed E-state index contributed by atoms with van der Waals surface area (Å²) in [4.78, 5) is 30.2. The Labute approximate surface area is 178 Å². The van der Waals surface area contributed by atoms with Crippen molar-refractivity contribution in [2.75, 3.05) is 20.8 Å². The highest BCUT2D eigenvalue weighted by Crippen LogP contribution is 2.32. The van der Waals surface area contributed by atoms with E-state index < -0.39 is 11.2 Å². The number of primary amides is 1. The molecule has 3 rings (SSSR count). The molecule has 2 amide bonds. The average Bonchev–Trinajstić information content (AvgIpc) is 3.01. The van der Waals surface area contributed by atoms with Gasteiger partial charge in [0.05, 0.1) is 19.9 Å². The first-order valence-corrected chi connectivity index (χ1v) is 10.1. The highest BCUT2D eigenvalue weighted by Gasteiger charge is 2.38. The third-order valence-electron chi connectivity index (χ3n) is 4.53. The zero-order chi connectivity index (χ0) is 21.7. The number of nitrogens with two attached hydrogens (primary N) is 1. The number of amidine groups is 1. The molecule has 0 unspecified atom stereocenters. The van der Waals surface area contributed by atoms with Crippen molar-refractivity contribution in [3.63, 3.8) is 0 Å². The lowest BCUT2D eigenvalue weighted by Crippen LogP contribution is -2.35. The summed E-state index contributed by atoms with van der Waals surface area (Å²) < 4.78 is 23.8. The number of halogens is 1. The minimum atomic E-state index is -0.618. The molecule has 9 heteroatoms. The minimum Gasteiger partial charge on any atom is -0.493 e. The van der Waals surface area contributed by atoms with Crippen LogP contribution in [0.4, 0.5) is 10.1 Å². The van der Waals surface area contributed by atoms with Gasteiger partial charge in [-0.1, -0.05) is 17.8 Å². The standard InChI is InChI=1S/C21H22FN3O4S/c1-28-16-8-3-13(11-17(16)29-2)9-10-25-20(27)18(12-19(23)26)30-21(25)24-15-6-4-14(22)5-7-15/h3-8,11,18H,9-10,12H2,1-2H3,(H2,23,26)/t18-/m1/s1. The van der Waals surface area contributed by atoms with Gasteiger partial charge in [-0.05, 0) is 48.4 Å². The Balaban J connectivity index is 1.82. The molecule has 2 aromatic carbocycles. The predicted molar refractivity (Wildman–Crippen MR) is 114 cm³/mol. The number of amides is 2. The third-order valence-corrected chi connectivity index (χ3v) is 5.71. The Hall–Kier alpha value is -3.07. The molecule has 0 bridgehead atoms. The Bertz CT molecular complexity index is 965. The van der Waals surface area contributed by atoms with Crippen LogP contribution in [0, 0.1) is 5.82 Å². The van der Waals surface area contributed by atoms with Gasteiger partial charge in [-0.3, -0.25) is 14.5 Å². The largest absolute Gasteiger partial charge is 0.493 e. The zero-order valence-corrected chi connectivity index (χ0v) is 17.4. The summed E-state index contributed by atoms with van der Waals surface area (Å²) in [5, 5.41) is -0.162. The molecule has 0 saturated carbocycles. The maximum Gasteiger partial charge on any atom is 0.242 e. The number of ether oxygens (including phenoxy) is 2. The van der Waals surface area contributed by atoms with Crippen LogP contribution in [0.5, 0.6) is 11.5 Å². The number of benzene rings is 2. The van der Waals surface area contributed by atoms with Gasteiger partial charge < -0.3 is 15.2 Å². The van der Waals surface area contributed by atoms with Crippen LogP contribution < -0.4 is 15.2 Å². The van der Waals surface area contributed by atoms with Crippen LogP contribution in [-0.4, -0.2) is 47.9 Å². The number of carbonyl (C=O) groups is 2. The monoisotopic (exact) mass is 431 g/mol. The number of hydrogen-bond acceptors (Lipinski definition) is 6. The number of hydrogen-bond donors (Lipinski definition) is 1. The first-order valence-electron chi connectivity index (χ1n) is 9.22. The van der Waals surface area contributed by atoms with Crippen molar-refractivity contribution in [1.82, 2.24) is 4.90 Å². The summed E-state index contributed by atoms with van der Waals surface area (Å²) in [5.74, 6) is 0.0768. The van der Waals surface area contributed by atoms with Gasteiger partial charge in [0.15, 0.2) is 16.7 Å². The Morgan fingerprint density at radius 1 is 1.17 bits per heavy atom. The molecule has 30 heavy (non-hydrogen) atoms. The van der Waals surface area contributed by atoms with Crippen molar-refractivity contribution in [3.05, 3.63) is 53.8 Å². The van der Waals surface area contributed by atoms with E-state index >= 15 is 0 Å². The van der Waals surface area contributed by atoms with Crippen molar-refractivity contribution >= 4 is 34.4 Å². The van der Waals surface area contributed by atoms with Crippen LogP contribution in [0.15, 0.2) is 47.5 Å². The summed E-state index contributed by atoms with van der Waals surface area (Å²) in [6.45, 7) is 0.358. The summed E-state index contributed by atoms with van der Waals surface area (Å²) >= 11 is 1.19. The fourth-order valence-electron chi connectivity index (χ4n) is 3.02. The maximum absolute atomic E-state index is 13.2. The summed E-state index contributed by atoms with van der Waals surface area (Å²) in [6.07, 6.45) is 0.469. The molecule has 1 heterocycles. The Morgan fingerprint density at radius 3 is 2.50 bits per heavy atom. The van der Waals surface area contributed by atoms with Crippen molar-refractivity contribution < 1.29 is 23.5 Å². The number of carbonyl (C=O) groups excluding carboxylic acids is 2.